The van der Waals surface area contributed by atoms with Crippen LogP contribution < -0.4 is 0 Å². The topological polar surface area (TPSA) is 17.1 Å². The Bertz CT molecular complexity index is 8.00. The molecule has 0 amide bonds. The second-order valence-electron chi connectivity index (χ2n) is 0. The molecule has 0 fully saturated rings. The molecule has 0 aliphatic carbocycles. The van der Waals surface area contributed by atoms with Gasteiger partial charge in [-0.2, -0.15) is 4.21 Å². The normalized spacial score (nSPS) is 1.00. The van der Waals surface area contributed by atoms with Crippen molar-refractivity contribution < 1.29 is 81.0 Å². The van der Waals surface area contributed by atoms with E-state index in [1.54, 1.807) is 0 Å². The van der Waals surface area contributed by atoms with Gasteiger partial charge in [-0.15, -0.1) is 0 Å². The maximum Gasteiger partial charge on any atom is 0.197 e. The maximum absolute atomic E-state index is 7.83. The average Bonchev–Trinajstić information content (AvgIpc) is 1.00. The minimum atomic E-state index is 0. The molecular weight excluding hydrogens is 374 g/mol. The van der Waals surface area contributed by atoms with E-state index in [1.165, 1.54) is 0 Å². The molecule has 33 valence electrons. The van der Waals surface area contributed by atoms with Crippen LogP contribution in [-0.2, 0) is 12.5 Å². The summed E-state index contributed by atoms with van der Waals surface area (Å²) in [7, 11) is 0. The van der Waals surface area contributed by atoms with Crippen LogP contribution in [-0.4, -0.2) is 4.21 Å². The Labute approximate surface area is 91.3 Å². The SMILES string of the molecule is O=S.[Gd].[Tm]. The van der Waals surface area contributed by atoms with E-state index in [2.05, 4.69) is 12.5 Å². The van der Waals surface area contributed by atoms with E-state index < -0.39 is 0 Å². The van der Waals surface area contributed by atoms with Gasteiger partial charge in [0.25, 0.3) is 0 Å². The van der Waals surface area contributed by atoms with Gasteiger partial charge in [0.1, 0.15) is 0 Å². The van der Waals surface area contributed by atoms with Gasteiger partial charge in [-0.25, -0.2) is 0 Å². The zero-order chi connectivity index (χ0) is 2.00. The molecule has 0 aromatic carbocycles. The largest absolute Gasteiger partial charge is 0.197 e. The van der Waals surface area contributed by atoms with Crippen molar-refractivity contribution in [3.05, 3.63) is 0 Å². The summed E-state index contributed by atoms with van der Waals surface area (Å²) in [5, 5.41) is 0. The van der Waals surface area contributed by atoms with E-state index in [4.69, 9.17) is 4.21 Å². The number of hydrogen-bond donors (Lipinski definition) is 0. The monoisotopic (exact) mass is 375 g/mol. The third-order valence-electron chi connectivity index (χ3n) is 0. The van der Waals surface area contributed by atoms with Crippen LogP contribution in [0.1, 0.15) is 0 Å². The molecule has 0 aliphatic heterocycles. The molecule has 1 nitrogen and oxygen atoms in total. The van der Waals surface area contributed by atoms with E-state index in [0.29, 0.717) is 0 Å². The molecule has 1 radical (unpaired) electrons. The quantitative estimate of drug-likeness (QED) is 0.578. The van der Waals surface area contributed by atoms with E-state index in [0.717, 1.165) is 0 Å². The Morgan fingerprint density at radius 2 is 1.25 bits per heavy atom. The molecule has 4 heteroatoms. The van der Waals surface area contributed by atoms with Crippen molar-refractivity contribution in [2.24, 2.45) is 0 Å². The van der Waals surface area contributed by atoms with Crippen molar-refractivity contribution >= 4 is 12.5 Å². The second-order valence-corrected chi connectivity index (χ2v) is 0. The number of rotatable bonds is 0. The van der Waals surface area contributed by atoms with Crippen LogP contribution in [0.25, 0.3) is 0 Å². The Hall–Kier alpha value is 2.58. The fourth-order valence-corrected chi connectivity index (χ4v) is 0. The van der Waals surface area contributed by atoms with Crippen molar-refractivity contribution in [1.82, 2.24) is 0 Å². The summed E-state index contributed by atoms with van der Waals surface area (Å²) in [5.41, 5.74) is 0. The molecule has 0 aliphatic rings. The minimum absolute atomic E-state index is 0. The minimum Gasteiger partial charge on any atom is -0.197 e. The molecule has 0 atom stereocenters. The predicted molar refractivity (Wildman–Crippen MR) is 8.14 cm³/mol. The standard InChI is InChI=1S/Gd.OS.Tm/c;1-2;. The van der Waals surface area contributed by atoms with Crippen molar-refractivity contribution in [1.29, 1.82) is 0 Å². The van der Waals surface area contributed by atoms with Gasteiger partial charge in [-0.1, -0.05) is 0 Å². The van der Waals surface area contributed by atoms with Crippen LogP contribution in [0.2, 0.25) is 0 Å². The van der Waals surface area contributed by atoms with Crippen LogP contribution in [0.3, 0.4) is 0 Å². The first-order valence-corrected chi connectivity index (χ1v) is 0.500. The summed E-state index contributed by atoms with van der Waals surface area (Å²) in [4.78, 5) is 0. The van der Waals surface area contributed by atoms with E-state index >= 15 is 0 Å². The van der Waals surface area contributed by atoms with Crippen LogP contribution in [0.4, 0.5) is 0 Å². The second kappa shape index (κ2) is 17.6. The van der Waals surface area contributed by atoms with Gasteiger partial charge in [-0.3, -0.25) is 0 Å². The summed E-state index contributed by atoms with van der Waals surface area (Å²) in [5.74, 6) is 0. The molecule has 0 rings (SSSR count). The molecule has 0 bridgehead atoms. The first-order valence-electron chi connectivity index (χ1n) is 0.167. The molecule has 0 saturated heterocycles. The number of hydrogen-bond acceptors (Lipinski definition) is 2. The van der Waals surface area contributed by atoms with Crippen molar-refractivity contribution in [2.45, 2.75) is 0 Å². The fourth-order valence-electron chi connectivity index (χ4n) is 0. The molecule has 0 N–H and O–H groups in total. The van der Waals surface area contributed by atoms with Gasteiger partial charge < -0.3 is 0 Å². The van der Waals surface area contributed by atoms with E-state index in [-0.39, 0.29) is 76.8 Å². The first-order chi connectivity index (χ1) is 1.00. The third kappa shape index (κ3) is 8.82. The summed E-state index contributed by atoms with van der Waals surface area (Å²) in [6, 6.07) is 0. The van der Waals surface area contributed by atoms with Gasteiger partial charge in [0, 0.05) is 76.8 Å². The molecule has 0 aromatic heterocycles. The fraction of sp³-hybridized carbons (Fsp3) is 0. The Morgan fingerprint density at radius 1 is 1.25 bits per heavy atom. The molecule has 0 heterocycles. The predicted octanol–water partition coefficient (Wildman–Crippen LogP) is -0.336. The summed E-state index contributed by atoms with van der Waals surface area (Å²) in [6.45, 7) is 0. The summed E-state index contributed by atoms with van der Waals surface area (Å²) in [6.07, 6.45) is 0. The molecule has 0 unspecified atom stereocenters. The smallest absolute Gasteiger partial charge is 0.197 e. The molecule has 0 spiro atoms. The zero-order valence-corrected chi connectivity index (χ0v) is 6.31. The first kappa shape index (κ1) is 16.0. The van der Waals surface area contributed by atoms with Gasteiger partial charge in [0.05, 0.1) is 0 Å². The van der Waals surface area contributed by atoms with Crippen molar-refractivity contribution in [3.63, 3.8) is 0 Å². The Morgan fingerprint density at radius 3 is 1.25 bits per heavy atom. The van der Waals surface area contributed by atoms with Crippen LogP contribution in [0.15, 0.2) is 0 Å². The third-order valence-corrected chi connectivity index (χ3v) is 0. The molecule has 0 aromatic rings. The van der Waals surface area contributed by atoms with Gasteiger partial charge >= 0.3 is 0 Å². The zero-order valence-electron chi connectivity index (χ0n) is 1.45. The Balaban J connectivity index is -0.00000000500. The van der Waals surface area contributed by atoms with Gasteiger partial charge in [0.2, 0.25) is 0 Å². The van der Waals surface area contributed by atoms with Gasteiger partial charge in [-0.05, 0) is 0 Å². The summed E-state index contributed by atoms with van der Waals surface area (Å²) < 4.78 is 7.83. The van der Waals surface area contributed by atoms with Crippen LogP contribution in [0, 0.1) is 76.8 Å². The maximum atomic E-state index is 7.83. The van der Waals surface area contributed by atoms with Crippen molar-refractivity contribution in [3.8, 4) is 0 Å². The van der Waals surface area contributed by atoms with E-state index in [9.17, 15) is 0 Å². The van der Waals surface area contributed by atoms with Gasteiger partial charge in [0.15, 0.2) is 12.5 Å². The Kier molecular flexibility index (Phi) is 70.3. The molecular formula is GdOSTm. The van der Waals surface area contributed by atoms with Crippen molar-refractivity contribution in [2.75, 3.05) is 0 Å². The van der Waals surface area contributed by atoms with Crippen LogP contribution in [0.5, 0.6) is 0 Å². The molecule has 4 heavy (non-hydrogen) atoms. The van der Waals surface area contributed by atoms with E-state index in [1.807, 2.05) is 0 Å². The summed E-state index contributed by atoms with van der Waals surface area (Å²) >= 11 is 2.83. The van der Waals surface area contributed by atoms with Crippen LogP contribution >= 0.6 is 0 Å². The molecule has 0 saturated carbocycles. The average molecular weight is 374 g/mol.